The van der Waals surface area contributed by atoms with Gasteiger partial charge in [0.05, 0.1) is 15.2 Å². The predicted molar refractivity (Wildman–Crippen MR) is 116 cm³/mol. The van der Waals surface area contributed by atoms with Crippen LogP contribution in [-0.4, -0.2) is 32.0 Å². The second-order valence-electron chi connectivity index (χ2n) is 5.74. The quantitative estimate of drug-likeness (QED) is 0.287. The topological polar surface area (TPSA) is 92.4 Å². The molecule has 0 bridgehead atoms. The third-order valence-corrected chi connectivity index (χ3v) is 5.99. The first-order valence-corrected chi connectivity index (χ1v) is 10.6. The minimum Gasteiger partial charge on any atom is -0.506 e. The molecule has 2 N–H and O–H groups in total. The van der Waals surface area contributed by atoms with Crippen LogP contribution in [0.4, 0.5) is 0 Å². The number of thioether (sulfide) groups is 1. The smallest absolute Gasteiger partial charge is 0.271 e. The Morgan fingerprint density at radius 1 is 1.29 bits per heavy atom. The zero-order valence-electron chi connectivity index (χ0n) is 14.6. The Hall–Kier alpha value is -2.17. The summed E-state index contributed by atoms with van der Waals surface area (Å²) in [6.07, 6.45) is 3.16. The number of halogens is 2. The molecule has 0 spiro atoms. The van der Waals surface area contributed by atoms with Crippen LogP contribution in [0.3, 0.4) is 0 Å². The summed E-state index contributed by atoms with van der Waals surface area (Å²) in [5.41, 5.74) is 4.80. The van der Waals surface area contributed by atoms with E-state index in [0.29, 0.717) is 20.1 Å². The van der Waals surface area contributed by atoms with Gasteiger partial charge >= 0.3 is 0 Å². The summed E-state index contributed by atoms with van der Waals surface area (Å²) in [6.45, 7) is 0. The summed E-state index contributed by atoms with van der Waals surface area (Å²) in [4.78, 5) is 12.2. The summed E-state index contributed by atoms with van der Waals surface area (Å²) in [7, 11) is 1.89. The molecule has 1 heterocycles. The number of aromatic hydroxyl groups is 1. The zero-order chi connectivity index (χ0) is 20.1. The summed E-state index contributed by atoms with van der Waals surface area (Å²) in [5.74, 6) is 0.538. The molecule has 1 amide bonds. The van der Waals surface area contributed by atoms with Crippen LogP contribution in [0.25, 0.3) is 0 Å². The number of amides is 1. The monoisotopic (exact) mass is 523 g/mol. The number of hydrazone groups is 1. The molecular weight excluding hydrogens is 510 g/mol. The maximum atomic E-state index is 12.2. The van der Waals surface area contributed by atoms with Crippen molar-refractivity contribution in [2.75, 3.05) is 0 Å². The first kappa shape index (κ1) is 20.6. The lowest BCUT2D eigenvalue weighted by molar-refractivity contribution is 0.0955. The van der Waals surface area contributed by atoms with Crippen molar-refractivity contribution in [3.8, 4) is 5.75 Å². The number of benzene rings is 2. The molecule has 0 aliphatic heterocycles. The first-order valence-electron chi connectivity index (χ1n) is 8.01. The van der Waals surface area contributed by atoms with Crippen LogP contribution in [0.2, 0.25) is 0 Å². The average molecular weight is 525 g/mol. The van der Waals surface area contributed by atoms with E-state index in [-0.39, 0.29) is 11.7 Å². The van der Waals surface area contributed by atoms with Crippen molar-refractivity contribution in [2.45, 2.75) is 10.9 Å². The number of nitrogens with zero attached hydrogens (tertiary/aromatic N) is 4. The number of aromatic nitrogens is 3. The number of carbonyl (C=O) groups excluding carboxylic acids is 1. The standard InChI is InChI=1S/C18H15Br2N5O2S/c1-25-10-22-24-18(25)28-9-11-2-4-13(5-3-11)17(27)23-21-8-12-6-14(19)16(26)15(20)7-12/h2-8,10,26H,9H2,1H3,(H,23,27). The largest absolute Gasteiger partial charge is 0.506 e. The summed E-state index contributed by atoms with van der Waals surface area (Å²) < 4.78 is 2.92. The van der Waals surface area contributed by atoms with E-state index in [1.54, 1.807) is 42.4 Å². The van der Waals surface area contributed by atoms with Crippen molar-refractivity contribution < 1.29 is 9.90 Å². The molecule has 0 radical (unpaired) electrons. The first-order chi connectivity index (χ1) is 13.4. The maximum absolute atomic E-state index is 12.2. The number of phenolic OH excluding ortho intramolecular Hbond substituents is 1. The van der Waals surface area contributed by atoms with Crippen molar-refractivity contribution in [3.63, 3.8) is 0 Å². The number of aryl methyl sites for hydroxylation is 1. The fraction of sp³-hybridized carbons (Fsp3) is 0.111. The molecule has 3 aromatic rings. The second kappa shape index (κ2) is 9.35. The molecular formula is C18H15Br2N5O2S. The van der Waals surface area contributed by atoms with Gasteiger partial charge < -0.3 is 9.67 Å². The normalized spacial score (nSPS) is 11.1. The highest BCUT2D eigenvalue weighted by Crippen LogP contribution is 2.32. The molecule has 10 heteroatoms. The minimum absolute atomic E-state index is 0.110. The number of carbonyl (C=O) groups is 1. The molecule has 0 fully saturated rings. The zero-order valence-corrected chi connectivity index (χ0v) is 18.6. The number of nitrogens with one attached hydrogen (secondary N) is 1. The molecule has 2 aromatic carbocycles. The van der Waals surface area contributed by atoms with Crippen LogP contribution in [-0.2, 0) is 12.8 Å². The average Bonchev–Trinajstić information content (AvgIpc) is 3.09. The van der Waals surface area contributed by atoms with Gasteiger partial charge in [0.15, 0.2) is 5.16 Å². The maximum Gasteiger partial charge on any atom is 0.271 e. The van der Waals surface area contributed by atoms with Crippen molar-refractivity contribution in [1.82, 2.24) is 20.2 Å². The molecule has 7 nitrogen and oxygen atoms in total. The summed E-state index contributed by atoms with van der Waals surface area (Å²) >= 11 is 8.08. The van der Waals surface area contributed by atoms with Crippen molar-refractivity contribution in [1.29, 1.82) is 0 Å². The van der Waals surface area contributed by atoms with Gasteiger partial charge in [0.1, 0.15) is 12.1 Å². The van der Waals surface area contributed by atoms with Gasteiger partial charge in [0.25, 0.3) is 5.91 Å². The minimum atomic E-state index is -0.305. The second-order valence-corrected chi connectivity index (χ2v) is 8.39. The molecule has 0 aliphatic rings. The van der Waals surface area contributed by atoms with Crippen LogP contribution in [0, 0.1) is 0 Å². The third-order valence-electron chi connectivity index (χ3n) is 3.67. The Bertz CT molecular complexity index is 998. The van der Waals surface area contributed by atoms with Crippen LogP contribution >= 0.6 is 43.6 Å². The highest BCUT2D eigenvalue weighted by molar-refractivity contribution is 9.11. The lowest BCUT2D eigenvalue weighted by Gasteiger charge is -2.04. The van der Waals surface area contributed by atoms with E-state index < -0.39 is 0 Å². The van der Waals surface area contributed by atoms with E-state index in [0.717, 1.165) is 16.5 Å². The van der Waals surface area contributed by atoms with Gasteiger partial charge in [-0.2, -0.15) is 5.10 Å². The third kappa shape index (κ3) is 5.21. The van der Waals surface area contributed by atoms with E-state index in [1.165, 1.54) is 6.21 Å². The Morgan fingerprint density at radius 2 is 1.96 bits per heavy atom. The van der Waals surface area contributed by atoms with Crippen LogP contribution in [0.15, 0.2) is 61.9 Å². The Kier molecular flexibility index (Phi) is 6.87. The molecule has 0 aliphatic carbocycles. The van der Waals surface area contributed by atoms with Gasteiger partial charge in [0.2, 0.25) is 0 Å². The molecule has 0 saturated carbocycles. The summed E-state index contributed by atoms with van der Waals surface area (Å²) in [6, 6.07) is 10.7. The van der Waals surface area contributed by atoms with Gasteiger partial charge in [-0.25, -0.2) is 5.43 Å². The highest BCUT2D eigenvalue weighted by atomic mass is 79.9. The van der Waals surface area contributed by atoms with Gasteiger partial charge in [-0.15, -0.1) is 10.2 Å². The van der Waals surface area contributed by atoms with E-state index in [2.05, 4.69) is 52.6 Å². The number of hydrogen-bond acceptors (Lipinski definition) is 6. The van der Waals surface area contributed by atoms with E-state index in [1.807, 2.05) is 23.7 Å². The van der Waals surface area contributed by atoms with Crippen LogP contribution in [0.5, 0.6) is 5.75 Å². The number of rotatable bonds is 6. The lowest BCUT2D eigenvalue weighted by Crippen LogP contribution is -2.17. The van der Waals surface area contributed by atoms with E-state index in [9.17, 15) is 9.90 Å². The number of hydrogen-bond donors (Lipinski definition) is 2. The SMILES string of the molecule is Cn1cnnc1SCc1ccc(C(=O)NN=Cc2cc(Br)c(O)c(Br)c2)cc1. The summed E-state index contributed by atoms with van der Waals surface area (Å²) in [5, 5.41) is 22.4. The molecule has 0 saturated heterocycles. The Labute approximate surface area is 182 Å². The molecule has 1 aromatic heterocycles. The molecule has 28 heavy (non-hydrogen) atoms. The Balaban J connectivity index is 1.56. The molecule has 3 rings (SSSR count). The molecule has 0 atom stereocenters. The van der Waals surface area contributed by atoms with Crippen molar-refractivity contribution in [2.24, 2.45) is 12.1 Å². The van der Waals surface area contributed by atoms with Gasteiger partial charge in [-0.1, -0.05) is 23.9 Å². The Morgan fingerprint density at radius 3 is 2.57 bits per heavy atom. The van der Waals surface area contributed by atoms with E-state index in [4.69, 9.17) is 0 Å². The van der Waals surface area contributed by atoms with Gasteiger partial charge in [0, 0.05) is 18.4 Å². The predicted octanol–water partition coefficient (Wildman–Crippen LogP) is 4.10. The van der Waals surface area contributed by atoms with Gasteiger partial charge in [-0.3, -0.25) is 4.79 Å². The lowest BCUT2D eigenvalue weighted by atomic mass is 10.1. The number of phenols is 1. The van der Waals surface area contributed by atoms with Crippen molar-refractivity contribution in [3.05, 3.63) is 68.4 Å². The van der Waals surface area contributed by atoms with Crippen LogP contribution in [0.1, 0.15) is 21.5 Å². The fourth-order valence-electron chi connectivity index (χ4n) is 2.19. The fourth-order valence-corrected chi connectivity index (χ4v) is 4.26. The molecule has 144 valence electrons. The highest BCUT2D eigenvalue weighted by Gasteiger charge is 2.07. The van der Waals surface area contributed by atoms with Crippen molar-refractivity contribution >= 4 is 55.7 Å². The van der Waals surface area contributed by atoms with E-state index >= 15 is 0 Å². The molecule has 0 unspecified atom stereocenters. The van der Waals surface area contributed by atoms with Gasteiger partial charge in [-0.05, 0) is 67.3 Å². The van der Waals surface area contributed by atoms with Crippen LogP contribution < -0.4 is 5.43 Å².